The molecule has 5 nitrogen and oxygen atoms in total. The molecule has 0 atom stereocenters. The van der Waals surface area contributed by atoms with Crippen molar-refractivity contribution < 1.29 is 4.92 Å². The third-order valence-corrected chi connectivity index (χ3v) is 3.03. The Hall–Kier alpha value is -2.84. The van der Waals surface area contributed by atoms with Crippen LogP contribution in [0.25, 0.3) is 6.08 Å². The lowest BCUT2D eigenvalue weighted by atomic mass is 10.2. The van der Waals surface area contributed by atoms with Gasteiger partial charge in [-0.05, 0) is 29.8 Å². The van der Waals surface area contributed by atoms with Crippen molar-refractivity contribution in [1.82, 2.24) is 0 Å². The summed E-state index contributed by atoms with van der Waals surface area (Å²) in [5.74, 6) is 0. The van der Waals surface area contributed by atoms with Crippen LogP contribution in [0.1, 0.15) is 5.56 Å². The summed E-state index contributed by atoms with van der Waals surface area (Å²) in [6.07, 6.45) is 1.61. The Bertz CT molecular complexity index is 733. The molecule has 1 N–H and O–H groups in total. The summed E-state index contributed by atoms with van der Waals surface area (Å²) in [4.78, 5) is 10.1. The van der Waals surface area contributed by atoms with E-state index in [1.165, 1.54) is 24.3 Å². The largest absolute Gasteiger partial charge is 0.347 e. The fraction of sp³-hybridized carbons (Fsp3) is 0. The van der Waals surface area contributed by atoms with Crippen LogP contribution in [0.4, 0.5) is 11.4 Å². The van der Waals surface area contributed by atoms with Crippen LogP contribution in [0.15, 0.2) is 54.2 Å². The molecule has 0 aliphatic rings. The van der Waals surface area contributed by atoms with Crippen LogP contribution in [-0.4, -0.2) is 4.92 Å². The second kappa shape index (κ2) is 6.55. The molecule has 0 spiro atoms. The van der Waals surface area contributed by atoms with Crippen LogP contribution in [0, 0.1) is 21.4 Å². The summed E-state index contributed by atoms with van der Waals surface area (Å²) in [7, 11) is 0. The minimum absolute atomic E-state index is 0.00542. The first kappa shape index (κ1) is 14.6. The van der Waals surface area contributed by atoms with Gasteiger partial charge in [0, 0.05) is 22.8 Å². The predicted molar refractivity (Wildman–Crippen MR) is 81.8 cm³/mol. The van der Waals surface area contributed by atoms with E-state index in [0.717, 1.165) is 0 Å². The Balaban J connectivity index is 2.22. The van der Waals surface area contributed by atoms with Crippen LogP contribution in [0.2, 0.25) is 5.02 Å². The lowest BCUT2D eigenvalue weighted by Gasteiger charge is -2.05. The second-order valence-electron chi connectivity index (χ2n) is 4.12. The average molecular weight is 300 g/mol. The van der Waals surface area contributed by atoms with Crippen LogP contribution in [0.5, 0.6) is 0 Å². The number of non-ortho nitro benzene ring substituents is 1. The zero-order valence-corrected chi connectivity index (χ0v) is 11.5. The third-order valence-electron chi connectivity index (χ3n) is 2.68. The lowest BCUT2D eigenvalue weighted by molar-refractivity contribution is -0.384. The molecule has 0 bridgehead atoms. The molecule has 104 valence electrons. The van der Waals surface area contributed by atoms with Gasteiger partial charge in [-0.2, -0.15) is 5.26 Å². The molecule has 0 saturated heterocycles. The topological polar surface area (TPSA) is 79.0 Å². The van der Waals surface area contributed by atoms with E-state index in [-0.39, 0.29) is 11.4 Å². The number of nitro groups is 1. The smallest absolute Gasteiger partial charge is 0.269 e. The molecule has 2 aromatic rings. The Morgan fingerprint density at radius 2 is 1.90 bits per heavy atom. The number of hydrogen-bond acceptors (Lipinski definition) is 4. The van der Waals surface area contributed by atoms with Gasteiger partial charge in [-0.25, -0.2) is 0 Å². The number of anilines is 1. The molecule has 0 aliphatic carbocycles. The summed E-state index contributed by atoms with van der Waals surface area (Å²) in [5.41, 5.74) is 1.58. The molecule has 2 aromatic carbocycles. The Labute approximate surface area is 126 Å². The molecule has 0 radical (unpaired) electrons. The molecule has 0 aliphatic heterocycles. The van der Waals surface area contributed by atoms with Gasteiger partial charge in [0.2, 0.25) is 0 Å². The molecule has 0 unspecified atom stereocenters. The highest BCUT2D eigenvalue weighted by molar-refractivity contribution is 6.32. The van der Waals surface area contributed by atoms with Gasteiger partial charge in [0.1, 0.15) is 11.8 Å². The van der Waals surface area contributed by atoms with Gasteiger partial charge < -0.3 is 5.32 Å². The molecule has 0 saturated carbocycles. The first-order valence-electron chi connectivity index (χ1n) is 5.98. The van der Waals surface area contributed by atoms with Gasteiger partial charge in [0.25, 0.3) is 5.69 Å². The molecular formula is C15H10ClN3O2. The fourth-order valence-electron chi connectivity index (χ4n) is 1.67. The van der Waals surface area contributed by atoms with Gasteiger partial charge in [-0.1, -0.05) is 29.8 Å². The van der Waals surface area contributed by atoms with Crippen molar-refractivity contribution in [3.8, 4) is 6.07 Å². The van der Waals surface area contributed by atoms with E-state index in [9.17, 15) is 10.1 Å². The highest BCUT2D eigenvalue weighted by atomic mass is 35.5. The molecule has 2 rings (SSSR count). The summed E-state index contributed by atoms with van der Waals surface area (Å²) in [6, 6.07) is 15.0. The number of nitrogens with one attached hydrogen (secondary N) is 1. The number of nitriles is 1. The fourth-order valence-corrected chi connectivity index (χ4v) is 1.86. The minimum Gasteiger partial charge on any atom is -0.347 e. The highest BCUT2D eigenvalue weighted by Gasteiger charge is 2.05. The predicted octanol–water partition coefficient (Wildman–Crippen LogP) is 4.22. The minimum atomic E-state index is -0.478. The number of benzene rings is 2. The molecule has 0 fully saturated rings. The van der Waals surface area contributed by atoms with Gasteiger partial charge in [0.15, 0.2) is 0 Å². The number of halogens is 1. The number of nitro benzene ring substituents is 1. The van der Waals surface area contributed by atoms with Crippen molar-refractivity contribution in [3.63, 3.8) is 0 Å². The number of rotatable bonds is 4. The summed E-state index contributed by atoms with van der Waals surface area (Å²) >= 11 is 6.03. The first-order chi connectivity index (χ1) is 10.1. The average Bonchev–Trinajstić information content (AvgIpc) is 2.49. The molecule has 0 amide bonds. The van der Waals surface area contributed by atoms with Crippen LogP contribution in [-0.2, 0) is 0 Å². The standard InChI is InChI=1S/C15H10ClN3O2/c16-15-4-2-1-3-11(15)9-13(10-17)18-12-5-7-14(8-6-12)19(20)21/h1-9,18H/b13-9+. The van der Waals surface area contributed by atoms with E-state index in [4.69, 9.17) is 16.9 Å². The zero-order chi connectivity index (χ0) is 15.2. The summed E-state index contributed by atoms with van der Waals surface area (Å²) in [5, 5.41) is 23.2. The van der Waals surface area contributed by atoms with Crippen molar-refractivity contribution in [2.24, 2.45) is 0 Å². The van der Waals surface area contributed by atoms with Crippen molar-refractivity contribution in [1.29, 1.82) is 5.26 Å². The first-order valence-corrected chi connectivity index (χ1v) is 6.36. The quantitative estimate of drug-likeness (QED) is 0.520. The number of nitrogens with zero attached hydrogens (tertiary/aromatic N) is 2. The van der Waals surface area contributed by atoms with Gasteiger partial charge in [-0.15, -0.1) is 0 Å². The van der Waals surface area contributed by atoms with Gasteiger partial charge >= 0.3 is 0 Å². The molecule has 21 heavy (non-hydrogen) atoms. The maximum absolute atomic E-state index is 10.6. The highest BCUT2D eigenvalue weighted by Crippen LogP contribution is 2.20. The zero-order valence-electron chi connectivity index (χ0n) is 10.8. The van der Waals surface area contributed by atoms with E-state index in [1.807, 2.05) is 12.1 Å². The monoisotopic (exact) mass is 299 g/mol. The lowest BCUT2D eigenvalue weighted by Crippen LogP contribution is -1.97. The van der Waals surface area contributed by atoms with Crippen LogP contribution >= 0.6 is 11.6 Å². The van der Waals surface area contributed by atoms with Crippen LogP contribution in [0.3, 0.4) is 0 Å². The summed E-state index contributed by atoms with van der Waals surface area (Å²) < 4.78 is 0. The summed E-state index contributed by atoms with van der Waals surface area (Å²) in [6.45, 7) is 0. The van der Waals surface area contributed by atoms with Crippen molar-refractivity contribution >= 4 is 29.1 Å². The van der Waals surface area contributed by atoms with Crippen LogP contribution < -0.4 is 5.32 Å². The van der Waals surface area contributed by atoms with Gasteiger partial charge in [0.05, 0.1) is 4.92 Å². The second-order valence-corrected chi connectivity index (χ2v) is 4.53. The van der Waals surface area contributed by atoms with E-state index in [1.54, 1.807) is 24.3 Å². The Kier molecular flexibility index (Phi) is 4.54. The van der Waals surface area contributed by atoms with E-state index < -0.39 is 4.92 Å². The Morgan fingerprint density at radius 1 is 1.24 bits per heavy atom. The maximum Gasteiger partial charge on any atom is 0.269 e. The SMILES string of the molecule is N#C/C(=C\c1ccccc1Cl)Nc1ccc([N+](=O)[O-])cc1. The third kappa shape index (κ3) is 3.81. The maximum atomic E-state index is 10.6. The van der Waals surface area contributed by atoms with Gasteiger partial charge in [-0.3, -0.25) is 10.1 Å². The van der Waals surface area contributed by atoms with Crippen molar-refractivity contribution in [2.75, 3.05) is 5.32 Å². The van der Waals surface area contributed by atoms with E-state index in [0.29, 0.717) is 16.3 Å². The normalized spacial score (nSPS) is 10.8. The van der Waals surface area contributed by atoms with Crippen molar-refractivity contribution in [2.45, 2.75) is 0 Å². The molecular weight excluding hydrogens is 290 g/mol. The number of hydrogen-bond donors (Lipinski definition) is 1. The molecule has 6 heteroatoms. The Morgan fingerprint density at radius 3 is 2.48 bits per heavy atom. The van der Waals surface area contributed by atoms with Crippen molar-refractivity contribution in [3.05, 3.63) is 74.9 Å². The molecule has 0 heterocycles. The molecule has 0 aromatic heterocycles. The van der Waals surface area contributed by atoms with E-state index in [2.05, 4.69) is 5.32 Å². The van der Waals surface area contributed by atoms with E-state index >= 15 is 0 Å². The number of allylic oxidation sites excluding steroid dienone is 1.